The predicted molar refractivity (Wildman–Crippen MR) is 63.8 cm³/mol. The minimum Gasteiger partial charge on any atom is -0.0876 e. The maximum atomic E-state index is 2.31. The minimum absolute atomic E-state index is 0.369. The molecule has 0 fully saturated rings. The molecule has 0 nitrogen and oxygen atoms in total. The first kappa shape index (κ1) is 12.4. The third-order valence-electron chi connectivity index (χ3n) is 1.02. The van der Waals surface area contributed by atoms with Gasteiger partial charge in [-0.25, -0.2) is 0 Å². The molecule has 0 bridgehead atoms. The van der Waals surface area contributed by atoms with E-state index in [2.05, 4.69) is 47.6 Å². The summed E-state index contributed by atoms with van der Waals surface area (Å²) >= 11 is 0. The molecule has 0 heterocycles. The number of rotatable bonds is 3. The molecular formula is C10H20S2. The van der Waals surface area contributed by atoms with Crippen molar-refractivity contribution in [1.29, 1.82) is 0 Å². The van der Waals surface area contributed by atoms with E-state index in [1.165, 1.54) is 5.57 Å². The number of hydrogen-bond donors (Lipinski definition) is 0. The highest BCUT2D eigenvalue weighted by molar-refractivity contribution is 8.77. The van der Waals surface area contributed by atoms with Gasteiger partial charge in [-0.1, -0.05) is 54.0 Å². The van der Waals surface area contributed by atoms with Gasteiger partial charge in [0.1, 0.15) is 0 Å². The average molecular weight is 204 g/mol. The van der Waals surface area contributed by atoms with Gasteiger partial charge in [0.2, 0.25) is 0 Å². The molecule has 0 aliphatic rings. The quantitative estimate of drug-likeness (QED) is 0.489. The van der Waals surface area contributed by atoms with E-state index < -0.39 is 0 Å². The molecule has 0 N–H and O–H groups in total. The van der Waals surface area contributed by atoms with Crippen LogP contribution in [0.3, 0.4) is 0 Å². The highest BCUT2D eigenvalue weighted by Crippen LogP contribution is 2.38. The molecule has 1 unspecified atom stereocenters. The van der Waals surface area contributed by atoms with Crippen molar-refractivity contribution >= 4 is 21.6 Å². The van der Waals surface area contributed by atoms with E-state index in [0.29, 0.717) is 10.00 Å². The second-order valence-corrected chi connectivity index (χ2v) is 7.65. The largest absolute Gasteiger partial charge is 0.0876 e. The van der Waals surface area contributed by atoms with Gasteiger partial charge in [0.15, 0.2) is 0 Å². The number of hydrogen-bond acceptors (Lipinski definition) is 2. The molecule has 0 spiro atoms. The van der Waals surface area contributed by atoms with Gasteiger partial charge >= 0.3 is 0 Å². The van der Waals surface area contributed by atoms with Crippen LogP contribution in [0.5, 0.6) is 0 Å². The summed E-state index contributed by atoms with van der Waals surface area (Å²) in [6.45, 7) is 13.3. The molecule has 0 aliphatic carbocycles. The average Bonchev–Trinajstić information content (AvgIpc) is 1.80. The zero-order chi connectivity index (χ0) is 9.78. The Morgan fingerprint density at radius 1 is 1.25 bits per heavy atom. The summed E-state index contributed by atoms with van der Waals surface area (Å²) in [7, 11) is 3.91. The third kappa shape index (κ3) is 8.54. The van der Waals surface area contributed by atoms with Gasteiger partial charge in [-0.2, -0.15) is 0 Å². The van der Waals surface area contributed by atoms with Crippen molar-refractivity contribution in [2.45, 2.75) is 51.5 Å². The van der Waals surface area contributed by atoms with E-state index in [1.54, 1.807) is 0 Å². The SMILES string of the molecule is CC(C)=CC(C)SSC(C)(C)C. The molecule has 0 saturated carbocycles. The molecule has 0 radical (unpaired) electrons. The summed E-state index contributed by atoms with van der Waals surface area (Å²) in [4.78, 5) is 0. The Hall–Kier alpha value is 0.440. The van der Waals surface area contributed by atoms with E-state index in [-0.39, 0.29) is 0 Å². The van der Waals surface area contributed by atoms with Gasteiger partial charge < -0.3 is 0 Å². The van der Waals surface area contributed by atoms with Crippen LogP contribution in [0.2, 0.25) is 0 Å². The first-order valence-corrected chi connectivity index (χ1v) is 6.52. The zero-order valence-electron chi connectivity index (χ0n) is 8.97. The van der Waals surface area contributed by atoms with E-state index in [1.807, 2.05) is 21.6 Å². The Kier molecular flexibility index (Phi) is 5.42. The van der Waals surface area contributed by atoms with Crippen molar-refractivity contribution < 1.29 is 0 Å². The Balaban J connectivity index is 3.73. The fourth-order valence-electron chi connectivity index (χ4n) is 0.717. The van der Waals surface area contributed by atoms with Crippen molar-refractivity contribution in [3.05, 3.63) is 11.6 Å². The summed E-state index contributed by atoms with van der Waals surface area (Å²) in [6.07, 6.45) is 2.31. The normalized spacial score (nSPS) is 14.2. The molecule has 0 aromatic heterocycles. The Bertz CT molecular complexity index is 150. The topological polar surface area (TPSA) is 0 Å². The predicted octanol–water partition coefficient (Wildman–Crippen LogP) is 4.52. The van der Waals surface area contributed by atoms with Crippen LogP contribution in [0.4, 0.5) is 0 Å². The molecule has 0 aromatic carbocycles. The molecule has 0 rings (SSSR count). The highest BCUT2D eigenvalue weighted by Gasteiger charge is 2.12. The van der Waals surface area contributed by atoms with E-state index >= 15 is 0 Å². The molecule has 1 atom stereocenters. The third-order valence-corrected chi connectivity index (χ3v) is 4.75. The lowest BCUT2D eigenvalue weighted by molar-refractivity contribution is 0.810. The van der Waals surface area contributed by atoms with Gasteiger partial charge in [-0.15, -0.1) is 0 Å². The lowest BCUT2D eigenvalue weighted by Gasteiger charge is -2.18. The second kappa shape index (κ2) is 5.23. The van der Waals surface area contributed by atoms with Crippen LogP contribution in [0.1, 0.15) is 41.5 Å². The summed E-state index contributed by atoms with van der Waals surface area (Å²) < 4.78 is 0.369. The maximum absolute atomic E-state index is 2.31. The molecular weight excluding hydrogens is 184 g/mol. The van der Waals surface area contributed by atoms with Crippen LogP contribution in [0.15, 0.2) is 11.6 Å². The summed E-state index contributed by atoms with van der Waals surface area (Å²) in [6, 6.07) is 0. The van der Waals surface area contributed by atoms with Gasteiger partial charge in [0, 0.05) is 10.00 Å². The Morgan fingerprint density at radius 2 is 1.75 bits per heavy atom. The highest BCUT2D eigenvalue weighted by atomic mass is 33.1. The molecule has 12 heavy (non-hydrogen) atoms. The van der Waals surface area contributed by atoms with Crippen LogP contribution in [-0.2, 0) is 0 Å². The van der Waals surface area contributed by atoms with Gasteiger partial charge in [0.05, 0.1) is 0 Å². The van der Waals surface area contributed by atoms with Crippen LogP contribution in [-0.4, -0.2) is 10.00 Å². The standard InChI is InChI=1S/C10H20S2/c1-8(2)7-9(3)11-12-10(4,5)6/h7,9H,1-6H3. The fourth-order valence-corrected chi connectivity index (χ4v) is 2.97. The molecule has 72 valence electrons. The van der Waals surface area contributed by atoms with Crippen LogP contribution in [0, 0.1) is 0 Å². The molecule has 0 amide bonds. The Labute approximate surface area is 85.0 Å². The zero-order valence-corrected chi connectivity index (χ0v) is 10.6. The van der Waals surface area contributed by atoms with Crippen LogP contribution >= 0.6 is 21.6 Å². The van der Waals surface area contributed by atoms with Crippen LogP contribution < -0.4 is 0 Å². The minimum atomic E-state index is 0.369. The van der Waals surface area contributed by atoms with Crippen molar-refractivity contribution in [2.24, 2.45) is 0 Å². The van der Waals surface area contributed by atoms with Gasteiger partial charge in [-0.3, -0.25) is 0 Å². The molecule has 0 aromatic rings. The smallest absolute Gasteiger partial charge is 0.0305 e. The summed E-state index contributed by atoms with van der Waals surface area (Å²) in [5.74, 6) is 0. The lowest BCUT2D eigenvalue weighted by Crippen LogP contribution is -2.06. The van der Waals surface area contributed by atoms with Crippen molar-refractivity contribution in [3.8, 4) is 0 Å². The molecule has 2 heteroatoms. The van der Waals surface area contributed by atoms with Crippen molar-refractivity contribution in [2.75, 3.05) is 0 Å². The van der Waals surface area contributed by atoms with Crippen molar-refractivity contribution in [3.63, 3.8) is 0 Å². The molecule has 0 aliphatic heterocycles. The monoisotopic (exact) mass is 204 g/mol. The van der Waals surface area contributed by atoms with E-state index in [9.17, 15) is 0 Å². The first-order valence-electron chi connectivity index (χ1n) is 4.31. The maximum Gasteiger partial charge on any atom is 0.0305 e. The first-order chi connectivity index (χ1) is 5.31. The second-order valence-electron chi connectivity index (χ2n) is 4.24. The number of allylic oxidation sites excluding steroid dienone is 1. The lowest BCUT2D eigenvalue weighted by atomic mass is 10.3. The van der Waals surface area contributed by atoms with Gasteiger partial charge in [-0.05, 0) is 20.8 Å². The van der Waals surface area contributed by atoms with Crippen LogP contribution in [0.25, 0.3) is 0 Å². The van der Waals surface area contributed by atoms with E-state index in [4.69, 9.17) is 0 Å². The fraction of sp³-hybridized carbons (Fsp3) is 0.800. The molecule has 0 saturated heterocycles. The summed E-state index contributed by atoms with van der Waals surface area (Å²) in [5, 5.41) is 0.624. The van der Waals surface area contributed by atoms with E-state index in [0.717, 1.165) is 0 Å². The van der Waals surface area contributed by atoms with Gasteiger partial charge in [0.25, 0.3) is 0 Å². The summed E-state index contributed by atoms with van der Waals surface area (Å²) in [5.41, 5.74) is 1.41. The van der Waals surface area contributed by atoms with Crippen molar-refractivity contribution in [1.82, 2.24) is 0 Å². The Morgan fingerprint density at radius 3 is 2.08 bits per heavy atom.